The van der Waals surface area contributed by atoms with Crippen LogP contribution in [0.2, 0.25) is 0 Å². The molecule has 4 nitrogen and oxygen atoms in total. The summed E-state index contributed by atoms with van der Waals surface area (Å²) >= 11 is 0. The van der Waals surface area contributed by atoms with Gasteiger partial charge in [-0.15, -0.1) is 0 Å². The summed E-state index contributed by atoms with van der Waals surface area (Å²) in [6.45, 7) is 5.62. The van der Waals surface area contributed by atoms with Crippen molar-refractivity contribution < 1.29 is 10.2 Å². The molecule has 0 aromatic heterocycles. The van der Waals surface area contributed by atoms with E-state index in [-0.39, 0.29) is 11.5 Å². The summed E-state index contributed by atoms with van der Waals surface area (Å²) in [5, 5.41) is 20.6. The maximum absolute atomic E-state index is 10.3. The van der Waals surface area contributed by atoms with Crippen LogP contribution in [-0.2, 0) is 12.8 Å². The first-order valence-electron chi connectivity index (χ1n) is 18.3. The van der Waals surface area contributed by atoms with Gasteiger partial charge in [-0.2, -0.15) is 0 Å². The van der Waals surface area contributed by atoms with Gasteiger partial charge in [0.1, 0.15) is 11.5 Å². The van der Waals surface area contributed by atoms with Gasteiger partial charge < -0.3 is 10.2 Å². The third-order valence-electron chi connectivity index (χ3n) is 8.64. The van der Waals surface area contributed by atoms with Crippen LogP contribution in [0.25, 0.3) is 0 Å². The van der Waals surface area contributed by atoms with Gasteiger partial charge in [-0.3, -0.25) is 9.98 Å². The number of hydrogen-bond donors (Lipinski definition) is 2. The van der Waals surface area contributed by atoms with Gasteiger partial charge >= 0.3 is 0 Å². The fraction of sp³-hybridized carbons (Fsp3) is 0.650. The van der Waals surface area contributed by atoms with Crippen molar-refractivity contribution in [2.75, 3.05) is 13.1 Å². The van der Waals surface area contributed by atoms with Crippen LogP contribution in [0.5, 0.6) is 11.5 Å². The number of phenols is 2. The number of benzene rings is 2. The molecule has 2 N–H and O–H groups in total. The Hall–Kier alpha value is -2.62. The predicted octanol–water partition coefficient (Wildman–Crippen LogP) is 11.6. The Bertz CT molecular complexity index is 962. The van der Waals surface area contributed by atoms with Crippen LogP contribution in [0.4, 0.5) is 0 Å². The summed E-state index contributed by atoms with van der Waals surface area (Å²) in [5.74, 6) is 0.543. The molecule has 0 atom stereocenters. The Morgan fingerprint density at radius 3 is 1.11 bits per heavy atom. The molecule has 0 radical (unpaired) electrons. The highest BCUT2D eigenvalue weighted by atomic mass is 16.3. The van der Waals surface area contributed by atoms with E-state index in [0.29, 0.717) is 13.1 Å². The van der Waals surface area contributed by atoms with Crippen molar-refractivity contribution in [3.63, 3.8) is 0 Å². The molecule has 2 aromatic carbocycles. The average molecular weight is 605 g/mol. The Kier molecular flexibility index (Phi) is 21.9. The Morgan fingerprint density at radius 2 is 0.773 bits per heavy atom. The first-order valence-corrected chi connectivity index (χ1v) is 18.3. The summed E-state index contributed by atoms with van der Waals surface area (Å²) < 4.78 is 0. The predicted molar refractivity (Wildman–Crippen MR) is 192 cm³/mol. The second kappa shape index (κ2) is 25.7. The third kappa shape index (κ3) is 18.2. The van der Waals surface area contributed by atoms with Gasteiger partial charge in [0.2, 0.25) is 0 Å². The first kappa shape index (κ1) is 37.6. The maximum atomic E-state index is 10.3. The van der Waals surface area contributed by atoms with Gasteiger partial charge in [0.25, 0.3) is 0 Å². The minimum absolute atomic E-state index is 0.272. The molecule has 0 amide bonds. The van der Waals surface area contributed by atoms with Crippen LogP contribution in [0.15, 0.2) is 46.4 Å². The molecule has 0 aliphatic heterocycles. The largest absolute Gasteiger partial charge is 0.507 e. The Labute approximate surface area is 270 Å². The van der Waals surface area contributed by atoms with Crippen molar-refractivity contribution in [3.8, 4) is 11.5 Å². The Balaban J connectivity index is 1.63. The van der Waals surface area contributed by atoms with Crippen LogP contribution >= 0.6 is 0 Å². The first-order chi connectivity index (χ1) is 21.6. The molecule has 2 aromatic rings. The molecule has 246 valence electrons. The van der Waals surface area contributed by atoms with E-state index in [9.17, 15) is 10.2 Å². The maximum Gasteiger partial charge on any atom is 0.124 e. The lowest BCUT2D eigenvalue weighted by Gasteiger charge is -2.06. The third-order valence-corrected chi connectivity index (χ3v) is 8.64. The van der Waals surface area contributed by atoms with Crippen molar-refractivity contribution in [3.05, 3.63) is 58.7 Å². The highest BCUT2D eigenvalue weighted by Gasteiger charge is 2.03. The molecular weight excluding hydrogens is 540 g/mol. The summed E-state index contributed by atoms with van der Waals surface area (Å²) in [4.78, 5) is 9.00. The number of nitrogens with zero attached hydrogens (tertiary/aromatic N) is 2. The number of aliphatic imine (C=N–C) groups is 2. The van der Waals surface area contributed by atoms with Crippen LogP contribution < -0.4 is 0 Å². The molecule has 0 saturated carbocycles. The summed E-state index contributed by atoms with van der Waals surface area (Å²) in [7, 11) is 0. The van der Waals surface area contributed by atoms with E-state index in [0.717, 1.165) is 24.0 Å². The van der Waals surface area contributed by atoms with E-state index >= 15 is 0 Å². The van der Waals surface area contributed by atoms with Gasteiger partial charge in [0.05, 0.1) is 13.1 Å². The van der Waals surface area contributed by atoms with E-state index in [2.05, 4.69) is 36.0 Å². The molecule has 0 saturated heterocycles. The van der Waals surface area contributed by atoms with E-state index in [4.69, 9.17) is 0 Å². The number of unbranched alkanes of at least 4 members (excludes halogenated alkanes) is 18. The lowest BCUT2D eigenvalue weighted by atomic mass is 10.0. The molecule has 0 unspecified atom stereocenters. The molecule has 0 aliphatic rings. The highest BCUT2D eigenvalue weighted by Crippen LogP contribution is 2.20. The lowest BCUT2D eigenvalue weighted by molar-refractivity contribution is 0.473. The van der Waals surface area contributed by atoms with Gasteiger partial charge in [0.15, 0.2) is 0 Å². The van der Waals surface area contributed by atoms with Gasteiger partial charge in [-0.25, -0.2) is 0 Å². The topological polar surface area (TPSA) is 65.2 Å². The summed E-state index contributed by atoms with van der Waals surface area (Å²) in [5.41, 5.74) is 4.07. The zero-order valence-electron chi connectivity index (χ0n) is 28.4. The van der Waals surface area contributed by atoms with E-state index in [1.54, 1.807) is 24.6 Å². The van der Waals surface area contributed by atoms with Crippen molar-refractivity contribution in [2.45, 2.75) is 155 Å². The molecule has 2 rings (SSSR count). The summed E-state index contributed by atoms with van der Waals surface area (Å²) in [6.07, 6.45) is 32.4. The standard InChI is InChI=1S/C40H64N2O2/c1-3-5-7-9-11-13-15-17-19-21-23-35-25-27-39(43)37(31-35)33-41-29-30-42-34-38-32-36(26-28-40(38)44)24-22-20-18-16-14-12-10-8-6-4-2/h25-28,31-34,43-44H,3-24,29-30H2,1-2H3/b41-33+,42-34+. The van der Waals surface area contributed by atoms with Crippen LogP contribution in [-0.4, -0.2) is 35.7 Å². The molecule has 44 heavy (non-hydrogen) atoms. The normalized spacial score (nSPS) is 11.8. The van der Waals surface area contributed by atoms with E-state index < -0.39 is 0 Å². The van der Waals surface area contributed by atoms with Gasteiger partial charge in [-0.1, -0.05) is 142 Å². The minimum atomic E-state index is 0.272. The molecule has 0 bridgehead atoms. The SMILES string of the molecule is CCCCCCCCCCCCc1ccc(O)c(/C=N/CC/N=C/c2cc(CCCCCCCCCCCC)ccc2O)c1. The van der Waals surface area contributed by atoms with Crippen molar-refractivity contribution >= 4 is 12.4 Å². The fourth-order valence-electron chi connectivity index (χ4n) is 5.80. The van der Waals surface area contributed by atoms with Gasteiger partial charge in [0, 0.05) is 23.6 Å². The van der Waals surface area contributed by atoms with Crippen LogP contribution in [0.3, 0.4) is 0 Å². The molecule has 4 heteroatoms. The number of rotatable bonds is 27. The number of phenolic OH excluding ortho intramolecular Hbond substituents is 2. The second-order valence-electron chi connectivity index (χ2n) is 12.7. The quantitative estimate of drug-likeness (QED) is 0.0787. The zero-order valence-corrected chi connectivity index (χ0v) is 28.4. The molecule has 0 heterocycles. The fourth-order valence-corrected chi connectivity index (χ4v) is 5.80. The van der Waals surface area contributed by atoms with Crippen LogP contribution in [0, 0.1) is 0 Å². The van der Waals surface area contributed by atoms with Crippen molar-refractivity contribution in [1.82, 2.24) is 0 Å². The number of aryl methyl sites for hydroxylation is 2. The van der Waals surface area contributed by atoms with E-state index in [1.165, 1.54) is 140 Å². The second-order valence-corrected chi connectivity index (χ2v) is 12.7. The number of aromatic hydroxyl groups is 2. The van der Waals surface area contributed by atoms with Gasteiger partial charge in [-0.05, 0) is 61.1 Å². The highest BCUT2D eigenvalue weighted by molar-refractivity contribution is 5.84. The monoisotopic (exact) mass is 604 g/mol. The van der Waals surface area contributed by atoms with Crippen LogP contribution in [0.1, 0.15) is 165 Å². The average Bonchev–Trinajstić information content (AvgIpc) is 3.03. The lowest BCUT2D eigenvalue weighted by Crippen LogP contribution is -1.94. The Morgan fingerprint density at radius 1 is 0.455 bits per heavy atom. The van der Waals surface area contributed by atoms with Crippen molar-refractivity contribution in [1.29, 1.82) is 0 Å². The molecule has 0 fully saturated rings. The van der Waals surface area contributed by atoms with E-state index in [1.807, 2.05) is 12.1 Å². The van der Waals surface area contributed by atoms with Crippen molar-refractivity contribution in [2.24, 2.45) is 9.98 Å². The molecular formula is C40H64N2O2. The smallest absolute Gasteiger partial charge is 0.124 e. The molecule has 0 aliphatic carbocycles. The molecule has 0 spiro atoms. The number of hydrogen-bond acceptors (Lipinski definition) is 4. The summed E-state index contributed by atoms with van der Waals surface area (Å²) in [6, 6.07) is 11.8. The minimum Gasteiger partial charge on any atom is -0.507 e. The zero-order chi connectivity index (χ0) is 31.5.